The molecule has 2 heterocycles. The monoisotopic (exact) mass is 2040 g/mol. The number of benzene rings is 4. The van der Waals surface area contributed by atoms with Crippen LogP contribution in [0.3, 0.4) is 0 Å². The molecule has 0 bridgehead atoms. The molecule has 0 aromatic heterocycles. The average Bonchev–Trinajstić information content (AvgIpc) is 0.711. The number of phenolic OH excluding ortho intramolecular Hbond substituents is 4. The number of aliphatic carboxylic acids is 1. The Morgan fingerprint density at radius 3 is 1.17 bits per heavy atom. The molecule has 2 aliphatic heterocycles. The molecule has 8 aliphatic rings. The van der Waals surface area contributed by atoms with Crippen LogP contribution in [-0.4, -0.2) is 297 Å². The molecular formula is C100H136N10O35. The predicted molar refractivity (Wildman–Crippen MR) is 508 cm³/mol. The van der Waals surface area contributed by atoms with E-state index in [1.165, 1.54) is 57.5 Å². The Labute approximate surface area is 835 Å². The molecule has 0 radical (unpaired) electrons. The van der Waals surface area contributed by atoms with E-state index in [0.29, 0.717) is 0 Å². The highest BCUT2D eigenvalue weighted by Crippen LogP contribution is 2.56. The fourth-order valence-electron chi connectivity index (χ4n) is 20.2. The molecule has 45 heteroatoms. The quantitative estimate of drug-likeness (QED) is 0.0229. The van der Waals surface area contributed by atoms with Gasteiger partial charge >= 0.3 is 5.97 Å². The number of methoxy groups -OCH3 is 2. The van der Waals surface area contributed by atoms with Crippen molar-refractivity contribution in [3.05, 3.63) is 103 Å². The third-order valence-electron chi connectivity index (χ3n) is 28.4. The highest BCUT2D eigenvalue weighted by Gasteiger charge is 2.54. The first-order valence-electron chi connectivity index (χ1n) is 48.8. The number of fused-ring (bicyclic) bond motifs is 6. The summed E-state index contributed by atoms with van der Waals surface area (Å²) < 4.78 is 34.6. The van der Waals surface area contributed by atoms with Crippen molar-refractivity contribution in [3.63, 3.8) is 0 Å². The highest BCUT2D eigenvalue weighted by molar-refractivity contribution is 6.32. The Balaban J connectivity index is 0.000000247. The van der Waals surface area contributed by atoms with Crippen LogP contribution < -0.4 is 63.9 Å². The molecule has 6 aliphatic carbocycles. The van der Waals surface area contributed by atoms with Crippen LogP contribution in [0.5, 0.6) is 34.5 Å². The van der Waals surface area contributed by atoms with Crippen molar-refractivity contribution in [1.29, 1.82) is 0 Å². The number of primary amides is 2. The van der Waals surface area contributed by atoms with Gasteiger partial charge in [-0.25, -0.2) is 4.79 Å². The molecule has 8 unspecified atom stereocenters. The number of aliphatic hydroxyl groups excluding tert-OH is 6. The molecule has 20 atom stereocenters. The Morgan fingerprint density at radius 1 is 0.455 bits per heavy atom. The summed E-state index contributed by atoms with van der Waals surface area (Å²) in [5.74, 6) is -16.6. The zero-order chi connectivity index (χ0) is 107. The number of aliphatic hydroxyl groups is 8. The first-order chi connectivity index (χ1) is 68.4. The highest BCUT2D eigenvalue weighted by atomic mass is 16.7. The second-order valence-corrected chi connectivity index (χ2v) is 39.5. The fraction of sp³-hybridized carbons (Fsp3) is 0.600. The van der Waals surface area contributed by atoms with Gasteiger partial charge in [0.15, 0.2) is 35.7 Å². The van der Waals surface area contributed by atoms with Gasteiger partial charge in [-0.15, -0.1) is 0 Å². The molecule has 796 valence electrons. The van der Waals surface area contributed by atoms with Gasteiger partial charge in [0.1, 0.15) is 101 Å². The van der Waals surface area contributed by atoms with Crippen LogP contribution in [0.1, 0.15) is 282 Å². The van der Waals surface area contributed by atoms with Crippen LogP contribution >= 0.6 is 0 Å². The molecule has 4 aromatic carbocycles. The minimum atomic E-state index is -2.44. The number of carbonyl (C=O) groups is 16. The summed E-state index contributed by atoms with van der Waals surface area (Å²) in [6, 6.07) is -1.33. The van der Waals surface area contributed by atoms with Crippen molar-refractivity contribution in [2.24, 2.45) is 52.7 Å². The Kier molecular flexibility index (Phi) is 39.5. The Bertz CT molecular complexity index is 5510. The van der Waals surface area contributed by atoms with Crippen molar-refractivity contribution in [2.45, 2.75) is 305 Å². The summed E-state index contributed by atoms with van der Waals surface area (Å²) in [5, 5.41) is 157. The number of nitrogens with two attached hydrogens (primary N) is 3. The van der Waals surface area contributed by atoms with Gasteiger partial charge in [-0.3, -0.25) is 71.9 Å². The van der Waals surface area contributed by atoms with Crippen molar-refractivity contribution in [1.82, 2.24) is 37.2 Å². The zero-order valence-electron chi connectivity index (χ0n) is 82.6. The number of hydrogen-bond acceptors (Lipinski definition) is 35. The van der Waals surface area contributed by atoms with E-state index in [9.17, 15) is 143 Å². The number of carboxylic acid groups (broad SMARTS) is 1. The van der Waals surface area contributed by atoms with Gasteiger partial charge in [-0.05, 0) is 101 Å². The van der Waals surface area contributed by atoms with Crippen LogP contribution in [0.4, 0.5) is 0 Å². The number of amides is 9. The van der Waals surface area contributed by atoms with E-state index >= 15 is 0 Å². The molecule has 145 heavy (non-hydrogen) atoms. The molecule has 12 rings (SSSR count). The zero-order valence-corrected chi connectivity index (χ0v) is 82.6. The maximum Gasteiger partial charge on any atom is 0.326 e. The van der Waals surface area contributed by atoms with E-state index in [-0.39, 0.29) is 143 Å². The summed E-state index contributed by atoms with van der Waals surface area (Å²) in [6.07, 6.45) is -3.04. The number of hydrogen-bond donors (Lipinski definition) is 23. The fourth-order valence-corrected chi connectivity index (χ4v) is 20.2. The van der Waals surface area contributed by atoms with Crippen LogP contribution in [0.2, 0.25) is 0 Å². The molecule has 2 saturated carbocycles. The number of rotatable bonds is 39. The number of ether oxygens (including phenoxy) is 6. The van der Waals surface area contributed by atoms with E-state index in [1.54, 1.807) is 48.5 Å². The van der Waals surface area contributed by atoms with E-state index in [2.05, 4.69) is 37.2 Å². The first kappa shape index (κ1) is 115. The lowest BCUT2D eigenvalue weighted by Gasteiger charge is -2.43. The maximum absolute atomic E-state index is 14.1. The summed E-state index contributed by atoms with van der Waals surface area (Å²) in [6.45, 7) is 9.86. The van der Waals surface area contributed by atoms with Gasteiger partial charge in [0.05, 0.1) is 97.4 Å². The Hall–Kier alpha value is -12.1. The van der Waals surface area contributed by atoms with Gasteiger partial charge in [0, 0.05) is 103 Å². The Morgan fingerprint density at radius 2 is 0.807 bits per heavy atom. The largest absolute Gasteiger partial charge is 0.507 e. The third-order valence-corrected chi connectivity index (χ3v) is 28.4. The SMILES string of the molecule is CC(C)C[C@H](NC(=O)[C@H](CO)NC(=O)[C@H](CCC(N)=O)NC(=O)[C@@H](C)C1CCCCC1)C(=O)O.COc1cccc2c1C(=O)c1c(O)c3c(c(O)c1C2=O)C[C@@](O)(C(=O)CO)C[C@@H]3OC1CC(N)C(O)C(C)O1.COc1cccc2c1C(=O)c1c(O)c3c(c(O)c1C2=O)C[C@@](O)(C(=O)CO)C[C@@H]3OC1CC(NC(=O)[C@H](CC(C)C)NC(=O)[C@H](CO)NC(=O)[C@H](CCC(N)=O)NC(=O)[C@@H](C)C2CCCCC2)C(O)C(C)O1. The van der Waals surface area contributed by atoms with Crippen molar-refractivity contribution in [2.75, 3.05) is 40.6 Å². The number of carboxylic acids is 1. The third kappa shape index (κ3) is 26.5. The van der Waals surface area contributed by atoms with Crippen molar-refractivity contribution in [3.8, 4) is 34.5 Å². The van der Waals surface area contributed by atoms with Gasteiger partial charge in [0.2, 0.25) is 64.7 Å². The first-order valence-corrected chi connectivity index (χ1v) is 48.8. The topological polar surface area (TPSA) is 754 Å². The van der Waals surface area contributed by atoms with Gasteiger partial charge < -0.3 is 149 Å². The van der Waals surface area contributed by atoms with Gasteiger partial charge in [-0.2, -0.15) is 0 Å². The van der Waals surface area contributed by atoms with Crippen LogP contribution in [-0.2, 0) is 89.3 Å². The van der Waals surface area contributed by atoms with Crippen LogP contribution in [0.25, 0.3) is 0 Å². The maximum atomic E-state index is 14.1. The smallest absolute Gasteiger partial charge is 0.326 e. The number of carbonyl (C=O) groups excluding carboxylic acids is 15. The molecule has 0 spiro atoms. The second-order valence-electron chi connectivity index (χ2n) is 39.5. The van der Waals surface area contributed by atoms with Crippen molar-refractivity contribution < 1.29 is 172 Å². The standard InChI is InChI=1S/C50H67N5O17.C27H29NO11.C23H40N4O7/c1-22(2)16-30(54-49(68)31(20-56)55-47(66)28(14-15-35(51)59)52-46(65)23(3)25-10-7-6-8-11-25)48(67)53-29-17-36(71-24(4)41(29)60)72-33-19-50(69,34(58)21-57)18-27-38(33)45(64)40-39(43(27)62)42(61)26-12-9-13-32(70-5)37(26)44(40)63;1-10-22(31)13(28)6-17(38-10)39-15-8-27(36,16(30)9-29)7-12-19(15)26(35)21-20(24(12)33)23(32)11-4-3-5-14(37-2)18(11)25(21)34;1-13(2)11-17(23(33)34)26-22(32)18(12-28)27-21(31)16(9-10-19(24)29)25-20(30)14(3)15-7-5-4-6-8-15/h9,12-13,22-25,28-31,33,36,41,56-57,60,62,64,69H,6-8,10-11,14-21H2,1-5H3,(H2,51,59)(H,52,65)(H,53,67)(H,54,68)(H,55,66);3-5,10,13,15,17,22,29,31,33,35-36H,6-9,28H2,1-2H3;13-18,28H,4-12H2,1-3H3,(H2,24,29)(H,25,30)(H,26,32)(H,27,31)(H,33,34)/t23-,24?,28-,29?,30-,31-,33-,36?,41?,50-;10?,13?,15-,17?,22?,27-;14-,16-,17-,18-/m000/s1. The van der Waals surface area contributed by atoms with Gasteiger partial charge in [-0.1, -0.05) is 104 Å². The van der Waals surface area contributed by atoms with Crippen LogP contribution in [0.15, 0.2) is 36.4 Å². The van der Waals surface area contributed by atoms with Crippen molar-refractivity contribution >= 4 is 93.8 Å². The number of Topliss-reactive ketones (excluding diaryl/α,β-unsaturated/α-hetero) is 2. The van der Waals surface area contributed by atoms with E-state index in [0.717, 1.165) is 64.2 Å². The molecule has 26 N–H and O–H groups in total. The number of ketones is 6. The predicted octanol–water partition coefficient (Wildman–Crippen LogP) is 0.180. The number of aromatic hydroxyl groups is 4. The molecule has 45 nitrogen and oxygen atoms in total. The average molecular weight is 2040 g/mol. The summed E-state index contributed by atoms with van der Waals surface area (Å²) in [7, 11) is 2.60. The number of phenols is 4. The summed E-state index contributed by atoms with van der Waals surface area (Å²) in [4.78, 5) is 208. The van der Waals surface area contributed by atoms with E-state index in [1.807, 2.05) is 0 Å². The summed E-state index contributed by atoms with van der Waals surface area (Å²) in [5.41, 5.74) is 8.39. The minimum Gasteiger partial charge on any atom is -0.507 e. The molecule has 2 saturated heterocycles. The van der Waals surface area contributed by atoms with E-state index in [4.69, 9.17) is 45.6 Å². The summed E-state index contributed by atoms with van der Waals surface area (Å²) >= 11 is 0. The lowest BCUT2D eigenvalue weighted by atomic mass is 9.72. The molecule has 9 amide bonds. The second kappa shape index (κ2) is 49.8. The molecule has 4 aromatic rings. The lowest BCUT2D eigenvalue weighted by Crippen LogP contribution is -2.61. The minimum absolute atomic E-state index is 0.0110. The van der Waals surface area contributed by atoms with Crippen LogP contribution in [0, 0.1) is 35.5 Å². The molecule has 4 fully saturated rings. The van der Waals surface area contributed by atoms with E-state index < -0.39 is 300 Å². The lowest BCUT2D eigenvalue weighted by molar-refractivity contribution is -0.249. The normalized spacial score (nSPS) is 24.4. The number of nitrogens with one attached hydrogen (secondary N) is 7. The molecular weight excluding hydrogens is 1900 g/mol. The van der Waals surface area contributed by atoms with Gasteiger partial charge in [0.25, 0.3) is 0 Å².